The first kappa shape index (κ1) is 14.1. The third-order valence-corrected chi connectivity index (χ3v) is 4.33. The number of ether oxygens (including phenoxy) is 1. The molecule has 3 heterocycles. The van der Waals surface area contributed by atoms with Crippen LogP contribution in [0.3, 0.4) is 0 Å². The van der Waals surface area contributed by atoms with Crippen molar-refractivity contribution in [1.29, 1.82) is 0 Å². The van der Waals surface area contributed by atoms with Crippen LogP contribution in [0.1, 0.15) is 24.6 Å². The zero-order valence-corrected chi connectivity index (χ0v) is 13.1. The SMILES string of the molecule is COc1ccc(-c2ccc3nnc([C@@H]4CCCNC4)n3n2)cc1. The third kappa shape index (κ3) is 2.66. The molecule has 1 N–H and O–H groups in total. The summed E-state index contributed by atoms with van der Waals surface area (Å²) in [4.78, 5) is 0. The van der Waals surface area contributed by atoms with Crippen LogP contribution < -0.4 is 10.1 Å². The number of rotatable bonds is 3. The molecule has 0 spiro atoms. The van der Waals surface area contributed by atoms with Crippen LogP contribution in [0, 0.1) is 0 Å². The average molecular weight is 309 g/mol. The summed E-state index contributed by atoms with van der Waals surface area (Å²) in [5.41, 5.74) is 2.75. The van der Waals surface area contributed by atoms with Gasteiger partial charge >= 0.3 is 0 Å². The Morgan fingerprint density at radius 1 is 1.13 bits per heavy atom. The number of piperidine rings is 1. The molecule has 23 heavy (non-hydrogen) atoms. The molecule has 118 valence electrons. The Morgan fingerprint density at radius 2 is 2.00 bits per heavy atom. The van der Waals surface area contributed by atoms with Gasteiger partial charge in [0.2, 0.25) is 0 Å². The highest BCUT2D eigenvalue weighted by atomic mass is 16.5. The fraction of sp³-hybridized carbons (Fsp3) is 0.353. The van der Waals surface area contributed by atoms with Crippen LogP contribution in [-0.4, -0.2) is 40.0 Å². The maximum absolute atomic E-state index is 5.21. The molecule has 6 nitrogen and oxygen atoms in total. The van der Waals surface area contributed by atoms with Crippen molar-refractivity contribution in [2.45, 2.75) is 18.8 Å². The van der Waals surface area contributed by atoms with Gasteiger partial charge in [-0.25, -0.2) is 0 Å². The first-order chi connectivity index (χ1) is 11.3. The van der Waals surface area contributed by atoms with Crippen LogP contribution in [0.2, 0.25) is 0 Å². The smallest absolute Gasteiger partial charge is 0.177 e. The number of hydrogen-bond donors (Lipinski definition) is 1. The number of aromatic nitrogens is 4. The standard InChI is InChI=1S/C17H19N5O/c1-23-14-6-4-12(5-7-14)15-8-9-16-19-20-17(22(16)21-15)13-3-2-10-18-11-13/h4-9,13,18H,2-3,10-11H2,1H3/t13-/m1/s1. The molecule has 3 aromatic rings. The topological polar surface area (TPSA) is 64.3 Å². The van der Waals surface area contributed by atoms with E-state index in [0.29, 0.717) is 5.92 Å². The van der Waals surface area contributed by atoms with E-state index in [1.165, 1.54) is 0 Å². The molecule has 1 fully saturated rings. The maximum atomic E-state index is 5.21. The van der Waals surface area contributed by atoms with E-state index in [0.717, 1.165) is 54.4 Å². The van der Waals surface area contributed by atoms with E-state index in [-0.39, 0.29) is 0 Å². The van der Waals surface area contributed by atoms with Gasteiger partial charge in [0.15, 0.2) is 11.5 Å². The molecule has 1 saturated heterocycles. The van der Waals surface area contributed by atoms with E-state index in [4.69, 9.17) is 9.84 Å². The molecule has 2 aromatic heterocycles. The van der Waals surface area contributed by atoms with Crippen molar-refractivity contribution in [2.24, 2.45) is 0 Å². The lowest BCUT2D eigenvalue weighted by atomic mass is 9.99. The Bertz CT molecular complexity index is 805. The molecule has 0 amide bonds. The molecular formula is C17H19N5O. The van der Waals surface area contributed by atoms with Crippen molar-refractivity contribution in [1.82, 2.24) is 25.1 Å². The predicted octanol–water partition coefficient (Wildman–Crippen LogP) is 2.27. The summed E-state index contributed by atoms with van der Waals surface area (Å²) in [7, 11) is 1.67. The van der Waals surface area contributed by atoms with Gasteiger partial charge in [-0.1, -0.05) is 0 Å². The van der Waals surface area contributed by atoms with E-state index in [9.17, 15) is 0 Å². The van der Waals surface area contributed by atoms with Gasteiger partial charge in [0.25, 0.3) is 0 Å². The van der Waals surface area contributed by atoms with Crippen molar-refractivity contribution in [3.05, 3.63) is 42.2 Å². The fourth-order valence-corrected chi connectivity index (χ4v) is 3.05. The van der Waals surface area contributed by atoms with Crippen molar-refractivity contribution in [3.8, 4) is 17.0 Å². The normalized spacial score (nSPS) is 18.2. The lowest BCUT2D eigenvalue weighted by Gasteiger charge is -2.20. The molecule has 0 saturated carbocycles. The molecule has 4 rings (SSSR count). The first-order valence-electron chi connectivity index (χ1n) is 7.92. The van der Waals surface area contributed by atoms with E-state index < -0.39 is 0 Å². The Morgan fingerprint density at radius 3 is 2.74 bits per heavy atom. The summed E-state index contributed by atoms with van der Waals surface area (Å²) in [6.45, 7) is 2.02. The van der Waals surface area contributed by atoms with Crippen LogP contribution >= 0.6 is 0 Å². The highest BCUT2D eigenvalue weighted by Gasteiger charge is 2.21. The monoisotopic (exact) mass is 309 g/mol. The van der Waals surface area contributed by atoms with Gasteiger partial charge in [-0.05, 0) is 55.8 Å². The quantitative estimate of drug-likeness (QED) is 0.804. The lowest BCUT2D eigenvalue weighted by Crippen LogP contribution is -2.29. The molecule has 0 bridgehead atoms. The van der Waals surface area contributed by atoms with Gasteiger partial charge < -0.3 is 10.1 Å². The van der Waals surface area contributed by atoms with E-state index in [1.54, 1.807) is 7.11 Å². The number of fused-ring (bicyclic) bond motifs is 1. The minimum Gasteiger partial charge on any atom is -0.497 e. The highest BCUT2D eigenvalue weighted by molar-refractivity contribution is 5.61. The van der Waals surface area contributed by atoms with Crippen LogP contribution in [-0.2, 0) is 0 Å². The summed E-state index contributed by atoms with van der Waals surface area (Å²) in [5, 5.41) is 16.8. The second kappa shape index (κ2) is 5.96. The number of benzene rings is 1. The summed E-state index contributed by atoms with van der Waals surface area (Å²) >= 11 is 0. The van der Waals surface area contributed by atoms with Crippen molar-refractivity contribution in [3.63, 3.8) is 0 Å². The van der Waals surface area contributed by atoms with Crippen molar-refractivity contribution in [2.75, 3.05) is 20.2 Å². The summed E-state index contributed by atoms with van der Waals surface area (Å²) in [6.07, 6.45) is 2.29. The zero-order valence-electron chi connectivity index (χ0n) is 13.1. The van der Waals surface area contributed by atoms with Crippen molar-refractivity contribution >= 4 is 5.65 Å². The Hall–Kier alpha value is -2.47. The van der Waals surface area contributed by atoms with Gasteiger partial charge in [0.05, 0.1) is 12.8 Å². The molecule has 0 unspecified atom stereocenters. The number of methoxy groups -OCH3 is 1. The molecule has 1 aliphatic rings. The number of nitrogens with one attached hydrogen (secondary N) is 1. The highest BCUT2D eigenvalue weighted by Crippen LogP contribution is 2.24. The third-order valence-electron chi connectivity index (χ3n) is 4.33. The maximum Gasteiger partial charge on any atom is 0.177 e. The van der Waals surface area contributed by atoms with Gasteiger partial charge in [0.1, 0.15) is 5.75 Å². The fourth-order valence-electron chi connectivity index (χ4n) is 3.05. The Labute approximate surface area is 134 Å². The molecule has 0 radical (unpaired) electrons. The van der Waals surface area contributed by atoms with Crippen LogP contribution in [0.15, 0.2) is 36.4 Å². The van der Waals surface area contributed by atoms with Gasteiger partial charge in [-0.15, -0.1) is 10.2 Å². The number of hydrogen-bond acceptors (Lipinski definition) is 5. The Kier molecular flexibility index (Phi) is 3.67. The molecular weight excluding hydrogens is 290 g/mol. The lowest BCUT2D eigenvalue weighted by molar-refractivity contribution is 0.415. The van der Waals surface area contributed by atoms with Crippen LogP contribution in [0.25, 0.3) is 16.9 Å². The van der Waals surface area contributed by atoms with E-state index >= 15 is 0 Å². The molecule has 0 aliphatic carbocycles. The first-order valence-corrected chi connectivity index (χ1v) is 7.92. The largest absolute Gasteiger partial charge is 0.497 e. The summed E-state index contributed by atoms with van der Waals surface area (Å²) in [6, 6.07) is 11.9. The summed E-state index contributed by atoms with van der Waals surface area (Å²) < 4.78 is 7.09. The Balaban J connectivity index is 1.73. The zero-order chi connectivity index (χ0) is 15.6. The minimum atomic E-state index is 0.373. The van der Waals surface area contributed by atoms with Crippen LogP contribution in [0.4, 0.5) is 0 Å². The van der Waals surface area contributed by atoms with Crippen molar-refractivity contribution < 1.29 is 4.74 Å². The van der Waals surface area contributed by atoms with E-state index in [2.05, 4.69) is 15.5 Å². The molecule has 1 atom stereocenters. The summed E-state index contributed by atoms with van der Waals surface area (Å²) in [5.74, 6) is 2.16. The van der Waals surface area contributed by atoms with Gasteiger partial charge in [-0.3, -0.25) is 0 Å². The molecule has 1 aliphatic heterocycles. The second-order valence-electron chi connectivity index (χ2n) is 5.82. The average Bonchev–Trinajstić information content (AvgIpc) is 3.05. The van der Waals surface area contributed by atoms with E-state index in [1.807, 2.05) is 40.9 Å². The molecule has 6 heteroatoms. The number of nitrogens with zero attached hydrogens (tertiary/aromatic N) is 4. The second-order valence-corrected chi connectivity index (χ2v) is 5.82. The predicted molar refractivity (Wildman–Crippen MR) is 87.6 cm³/mol. The van der Waals surface area contributed by atoms with Crippen LogP contribution in [0.5, 0.6) is 5.75 Å². The van der Waals surface area contributed by atoms with Gasteiger partial charge in [0, 0.05) is 18.0 Å². The molecule has 1 aromatic carbocycles. The minimum absolute atomic E-state index is 0.373. The van der Waals surface area contributed by atoms with Gasteiger partial charge in [-0.2, -0.15) is 9.61 Å².